The maximum atomic E-state index is 4.50. The van der Waals surface area contributed by atoms with Gasteiger partial charge in [0, 0.05) is 44.0 Å². The molecule has 1 aromatic rings. The normalized spacial score (nSPS) is 30.8. The van der Waals surface area contributed by atoms with Crippen molar-refractivity contribution in [3.8, 4) is 0 Å². The molecule has 1 aliphatic rings. The largest absolute Gasteiger partial charge is 0.349 e. The first-order chi connectivity index (χ1) is 7.54. The molecule has 2 heterocycles. The van der Waals surface area contributed by atoms with Crippen molar-refractivity contribution in [3.05, 3.63) is 12.3 Å². The van der Waals surface area contributed by atoms with Gasteiger partial charge in [0.15, 0.2) is 5.82 Å². The number of rotatable bonds is 2. The van der Waals surface area contributed by atoms with Crippen LogP contribution >= 0.6 is 0 Å². The molecule has 1 fully saturated rings. The summed E-state index contributed by atoms with van der Waals surface area (Å²) in [4.78, 5) is 2.40. The number of aromatic nitrogens is 2. The van der Waals surface area contributed by atoms with E-state index in [1.807, 2.05) is 17.9 Å². The standard InChI is InChI=1S/C12H22N4/c1-5-12(3)9-16(10(2)8-13-12)11-6-7-15(4)14-11/h6-7,10,13H,5,8-9H2,1-4H3. The Balaban J connectivity index is 2.19. The maximum absolute atomic E-state index is 4.50. The van der Waals surface area contributed by atoms with E-state index < -0.39 is 0 Å². The molecule has 0 spiro atoms. The molecule has 0 bridgehead atoms. The van der Waals surface area contributed by atoms with Gasteiger partial charge in [-0.05, 0) is 20.3 Å². The second-order valence-electron chi connectivity index (χ2n) is 5.12. The van der Waals surface area contributed by atoms with Gasteiger partial charge >= 0.3 is 0 Å². The second-order valence-corrected chi connectivity index (χ2v) is 5.12. The Bertz CT molecular complexity index is 360. The van der Waals surface area contributed by atoms with Gasteiger partial charge in [-0.3, -0.25) is 4.68 Å². The molecule has 1 aromatic heterocycles. The minimum atomic E-state index is 0.212. The van der Waals surface area contributed by atoms with Gasteiger partial charge in [-0.2, -0.15) is 5.10 Å². The minimum Gasteiger partial charge on any atom is -0.349 e. The van der Waals surface area contributed by atoms with Crippen molar-refractivity contribution in [2.45, 2.75) is 38.8 Å². The van der Waals surface area contributed by atoms with E-state index in [1.165, 1.54) is 0 Å². The SMILES string of the molecule is CCC1(C)CN(c2ccn(C)n2)C(C)CN1. The van der Waals surface area contributed by atoms with Crippen molar-refractivity contribution in [1.29, 1.82) is 0 Å². The molecule has 1 N–H and O–H groups in total. The Morgan fingerprint density at radius 3 is 2.94 bits per heavy atom. The summed E-state index contributed by atoms with van der Waals surface area (Å²) < 4.78 is 1.87. The highest BCUT2D eigenvalue weighted by Crippen LogP contribution is 2.23. The van der Waals surface area contributed by atoms with E-state index in [1.54, 1.807) is 0 Å². The lowest BCUT2D eigenvalue weighted by Crippen LogP contribution is -2.62. The summed E-state index contributed by atoms with van der Waals surface area (Å²) in [5.41, 5.74) is 0.212. The fourth-order valence-corrected chi connectivity index (χ4v) is 2.19. The minimum absolute atomic E-state index is 0.212. The van der Waals surface area contributed by atoms with Crippen molar-refractivity contribution >= 4 is 5.82 Å². The monoisotopic (exact) mass is 222 g/mol. The van der Waals surface area contributed by atoms with E-state index >= 15 is 0 Å². The van der Waals surface area contributed by atoms with E-state index in [4.69, 9.17) is 0 Å². The van der Waals surface area contributed by atoms with Crippen molar-refractivity contribution in [2.24, 2.45) is 7.05 Å². The van der Waals surface area contributed by atoms with Crippen LogP contribution in [-0.2, 0) is 7.05 Å². The van der Waals surface area contributed by atoms with E-state index in [9.17, 15) is 0 Å². The smallest absolute Gasteiger partial charge is 0.150 e. The van der Waals surface area contributed by atoms with Crippen LogP contribution in [0.25, 0.3) is 0 Å². The topological polar surface area (TPSA) is 33.1 Å². The lowest BCUT2D eigenvalue weighted by atomic mass is 9.94. The molecule has 2 atom stereocenters. The van der Waals surface area contributed by atoms with E-state index in [-0.39, 0.29) is 5.54 Å². The molecule has 0 aliphatic carbocycles. The van der Waals surface area contributed by atoms with Crippen LogP contribution in [0.4, 0.5) is 5.82 Å². The quantitative estimate of drug-likeness (QED) is 0.821. The highest BCUT2D eigenvalue weighted by molar-refractivity contribution is 5.40. The van der Waals surface area contributed by atoms with E-state index in [0.717, 1.165) is 25.3 Å². The van der Waals surface area contributed by atoms with Crippen molar-refractivity contribution < 1.29 is 0 Å². The van der Waals surface area contributed by atoms with Gasteiger partial charge < -0.3 is 10.2 Å². The summed E-state index contributed by atoms with van der Waals surface area (Å²) in [7, 11) is 1.97. The maximum Gasteiger partial charge on any atom is 0.150 e. The Labute approximate surface area is 97.6 Å². The van der Waals surface area contributed by atoms with Crippen LogP contribution in [-0.4, -0.2) is 34.5 Å². The number of hydrogen-bond acceptors (Lipinski definition) is 3. The second kappa shape index (κ2) is 4.09. The first-order valence-corrected chi connectivity index (χ1v) is 6.05. The van der Waals surface area contributed by atoms with Crippen LogP contribution in [0.5, 0.6) is 0 Å². The van der Waals surface area contributed by atoms with Gasteiger partial charge in [0.25, 0.3) is 0 Å². The Morgan fingerprint density at radius 1 is 1.62 bits per heavy atom. The molecule has 1 aliphatic heterocycles. The van der Waals surface area contributed by atoms with Crippen LogP contribution < -0.4 is 10.2 Å². The molecule has 1 saturated heterocycles. The zero-order chi connectivity index (χ0) is 11.8. The van der Waals surface area contributed by atoms with Gasteiger partial charge in [0.05, 0.1) is 0 Å². The molecule has 2 rings (SSSR count). The van der Waals surface area contributed by atoms with Crippen molar-refractivity contribution in [2.75, 3.05) is 18.0 Å². The Hall–Kier alpha value is -1.03. The lowest BCUT2D eigenvalue weighted by molar-refractivity contribution is 0.284. The Morgan fingerprint density at radius 2 is 2.38 bits per heavy atom. The molecule has 4 heteroatoms. The fourth-order valence-electron chi connectivity index (χ4n) is 2.19. The van der Waals surface area contributed by atoms with Crippen LogP contribution in [0.15, 0.2) is 12.3 Å². The summed E-state index contributed by atoms with van der Waals surface area (Å²) in [6.07, 6.45) is 3.15. The first-order valence-electron chi connectivity index (χ1n) is 6.05. The van der Waals surface area contributed by atoms with E-state index in [0.29, 0.717) is 6.04 Å². The predicted octanol–water partition coefficient (Wildman–Crippen LogP) is 1.39. The van der Waals surface area contributed by atoms with Crippen molar-refractivity contribution in [3.63, 3.8) is 0 Å². The number of anilines is 1. The molecular formula is C12H22N4. The summed E-state index contributed by atoms with van der Waals surface area (Å²) in [5, 5.41) is 8.12. The fraction of sp³-hybridized carbons (Fsp3) is 0.750. The molecule has 0 aromatic carbocycles. The van der Waals surface area contributed by atoms with E-state index in [2.05, 4.69) is 42.2 Å². The van der Waals surface area contributed by atoms with Gasteiger partial charge in [0.2, 0.25) is 0 Å². The summed E-state index contributed by atoms with van der Waals surface area (Å²) in [6, 6.07) is 2.60. The average Bonchev–Trinajstić information content (AvgIpc) is 2.69. The molecule has 4 nitrogen and oxygen atoms in total. The van der Waals surface area contributed by atoms with Gasteiger partial charge in [0.1, 0.15) is 0 Å². The zero-order valence-corrected chi connectivity index (χ0v) is 10.7. The summed E-state index contributed by atoms with van der Waals surface area (Å²) >= 11 is 0. The average molecular weight is 222 g/mol. The van der Waals surface area contributed by atoms with Gasteiger partial charge in [-0.25, -0.2) is 0 Å². The lowest BCUT2D eigenvalue weighted by Gasteiger charge is -2.45. The van der Waals surface area contributed by atoms with Gasteiger partial charge in [-0.1, -0.05) is 6.92 Å². The third-order valence-corrected chi connectivity index (χ3v) is 3.65. The summed E-state index contributed by atoms with van der Waals surface area (Å²) in [6.45, 7) is 8.83. The molecule has 0 radical (unpaired) electrons. The van der Waals surface area contributed by atoms with Crippen molar-refractivity contribution in [1.82, 2.24) is 15.1 Å². The predicted molar refractivity (Wildman–Crippen MR) is 66.7 cm³/mol. The third-order valence-electron chi connectivity index (χ3n) is 3.65. The third kappa shape index (κ3) is 2.07. The summed E-state index contributed by atoms with van der Waals surface area (Å²) in [5.74, 6) is 1.09. The Kier molecular flexibility index (Phi) is 2.93. The number of nitrogens with one attached hydrogen (secondary N) is 1. The molecule has 0 saturated carbocycles. The molecule has 0 amide bonds. The number of hydrogen-bond donors (Lipinski definition) is 1. The van der Waals surface area contributed by atoms with Crippen LogP contribution in [0.1, 0.15) is 27.2 Å². The number of aryl methyl sites for hydroxylation is 1. The van der Waals surface area contributed by atoms with Crippen LogP contribution in [0.3, 0.4) is 0 Å². The first kappa shape index (κ1) is 11.5. The highest BCUT2D eigenvalue weighted by Gasteiger charge is 2.33. The molecule has 2 unspecified atom stereocenters. The molecular weight excluding hydrogens is 200 g/mol. The molecule has 90 valence electrons. The van der Waals surface area contributed by atoms with Crippen LogP contribution in [0.2, 0.25) is 0 Å². The van der Waals surface area contributed by atoms with Gasteiger partial charge in [-0.15, -0.1) is 0 Å². The number of nitrogens with zero attached hydrogens (tertiary/aromatic N) is 3. The highest BCUT2D eigenvalue weighted by atomic mass is 15.4. The number of piperazine rings is 1. The molecule has 16 heavy (non-hydrogen) atoms. The zero-order valence-electron chi connectivity index (χ0n) is 10.7. The van der Waals surface area contributed by atoms with Crippen LogP contribution in [0, 0.1) is 0 Å².